The van der Waals surface area contributed by atoms with Crippen molar-refractivity contribution >= 4 is 6.09 Å². The number of carbonyl (C=O) groups is 1. The van der Waals surface area contributed by atoms with E-state index in [1.165, 1.54) is 7.11 Å². The van der Waals surface area contributed by atoms with Gasteiger partial charge in [0.15, 0.2) is 0 Å². The number of amides is 1. The van der Waals surface area contributed by atoms with Crippen molar-refractivity contribution in [3.63, 3.8) is 0 Å². The molecule has 0 aliphatic rings. The number of rotatable bonds is 5. The number of hydrogen-bond donors (Lipinski definition) is 2. The molecule has 2 N–H and O–H groups in total. The van der Waals surface area contributed by atoms with E-state index in [1.54, 1.807) is 32.9 Å². The Labute approximate surface area is 119 Å². The van der Waals surface area contributed by atoms with Gasteiger partial charge in [-0.2, -0.15) is 0 Å². The largest absolute Gasteiger partial charge is 0.444 e. The van der Waals surface area contributed by atoms with E-state index in [2.05, 4.69) is 5.32 Å². The zero-order valence-electron chi connectivity index (χ0n) is 12.4. The molecule has 2 atom stereocenters. The van der Waals surface area contributed by atoms with Crippen molar-refractivity contribution in [1.82, 2.24) is 5.32 Å². The summed E-state index contributed by atoms with van der Waals surface area (Å²) in [7, 11) is 1.52. The van der Waals surface area contributed by atoms with Crippen molar-refractivity contribution in [2.24, 2.45) is 0 Å². The molecule has 20 heavy (non-hydrogen) atoms. The topological polar surface area (TPSA) is 67.8 Å². The van der Waals surface area contributed by atoms with E-state index in [1.807, 2.05) is 18.2 Å². The molecular weight excluding hydrogens is 258 g/mol. The molecule has 1 aromatic rings. The van der Waals surface area contributed by atoms with Crippen molar-refractivity contribution in [1.29, 1.82) is 0 Å². The van der Waals surface area contributed by atoms with Gasteiger partial charge in [0.25, 0.3) is 0 Å². The van der Waals surface area contributed by atoms with Crippen LogP contribution >= 0.6 is 0 Å². The maximum atomic E-state index is 11.8. The van der Waals surface area contributed by atoms with Crippen molar-refractivity contribution in [2.75, 3.05) is 13.7 Å². The number of aliphatic hydroxyl groups excluding tert-OH is 1. The van der Waals surface area contributed by atoms with Crippen LogP contribution in [0, 0.1) is 0 Å². The second-order valence-electron chi connectivity index (χ2n) is 5.56. The highest BCUT2D eigenvalue weighted by Crippen LogP contribution is 2.17. The van der Waals surface area contributed by atoms with Crippen LogP contribution < -0.4 is 5.32 Å². The molecule has 0 aliphatic carbocycles. The van der Waals surface area contributed by atoms with Gasteiger partial charge in [-0.3, -0.25) is 0 Å². The van der Waals surface area contributed by atoms with Crippen LogP contribution in [0.3, 0.4) is 0 Å². The van der Waals surface area contributed by atoms with E-state index < -0.39 is 23.8 Å². The van der Waals surface area contributed by atoms with Gasteiger partial charge in [-0.15, -0.1) is 0 Å². The molecule has 0 heterocycles. The highest BCUT2D eigenvalue weighted by Gasteiger charge is 2.25. The van der Waals surface area contributed by atoms with Crippen LogP contribution in [-0.2, 0) is 9.47 Å². The van der Waals surface area contributed by atoms with Crippen LogP contribution in [0.25, 0.3) is 0 Å². The number of carbonyl (C=O) groups excluding carboxylic acids is 1. The van der Waals surface area contributed by atoms with Gasteiger partial charge in [0, 0.05) is 7.11 Å². The van der Waals surface area contributed by atoms with E-state index >= 15 is 0 Å². The molecule has 0 unspecified atom stereocenters. The Kier molecular flexibility index (Phi) is 5.98. The molecule has 5 nitrogen and oxygen atoms in total. The van der Waals surface area contributed by atoms with E-state index in [9.17, 15) is 9.90 Å². The summed E-state index contributed by atoms with van der Waals surface area (Å²) in [4.78, 5) is 11.8. The van der Waals surface area contributed by atoms with Crippen LogP contribution in [-0.4, -0.2) is 36.6 Å². The fourth-order valence-corrected chi connectivity index (χ4v) is 1.73. The average molecular weight is 281 g/mol. The first-order valence-corrected chi connectivity index (χ1v) is 6.55. The molecule has 112 valence electrons. The van der Waals surface area contributed by atoms with E-state index in [0.29, 0.717) is 5.56 Å². The van der Waals surface area contributed by atoms with Gasteiger partial charge >= 0.3 is 6.09 Å². The Balaban J connectivity index is 2.71. The molecule has 1 aromatic carbocycles. The third-order valence-corrected chi connectivity index (χ3v) is 2.57. The first-order valence-electron chi connectivity index (χ1n) is 6.55. The standard InChI is InChI=1S/C15H23NO4/c1-15(2,3)20-14(18)16-12(10-19-4)13(17)11-8-6-5-7-9-11/h5-9,12-13,17H,10H2,1-4H3,(H,16,18)/t12-,13-/m0/s1. The molecule has 0 radical (unpaired) electrons. The Bertz CT molecular complexity index is 414. The first-order chi connectivity index (χ1) is 9.33. The highest BCUT2D eigenvalue weighted by atomic mass is 16.6. The Hall–Kier alpha value is -1.59. The van der Waals surface area contributed by atoms with Crippen LogP contribution in [0.2, 0.25) is 0 Å². The third kappa shape index (κ3) is 5.59. The second kappa shape index (κ2) is 7.26. The van der Waals surface area contributed by atoms with Crippen LogP contribution in [0.5, 0.6) is 0 Å². The van der Waals surface area contributed by atoms with Crippen molar-refractivity contribution < 1.29 is 19.4 Å². The molecule has 1 rings (SSSR count). The van der Waals surface area contributed by atoms with Gasteiger partial charge in [-0.25, -0.2) is 4.79 Å². The fourth-order valence-electron chi connectivity index (χ4n) is 1.73. The predicted octanol–water partition coefficient (Wildman–Crippen LogP) is 2.26. The number of benzene rings is 1. The van der Waals surface area contributed by atoms with Gasteiger partial charge in [0.05, 0.1) is 12.6 Å². The fraction of sp³-hybridized carbons (Fsp3) is 0.533. The lowest BCUT2D eigenvalue weighted by Gasteiger charge is -2.26. The summed E-state index contributed by atoms with van der Waals surface area (Å²) in [5.74, 6) is 0. The molecule has 5 heteroatoms. The highest BCUT2D eigenvalue weighted by molar-refractivity contribution is 5.68. The Morgan fingerprint density at radius 2 is 1.90 bits per heavy atom. The minimum atomic E-state index is -0.858. The lowest BCUT2D eigenvalue weighted by Crippen LogP contribution is -2.44. The molecule has 0 spiro atoms. The molecule has 0 saturated heterocycles. The Morgan fingerprint density at radius 3 is 2.40 bits per heavy atom. The number of nitrogens with one attached hydrogen (secondary N) is 1. The quantitative estimate of drug-likeness (QED) is 0.868. The van der Waals surface area contributed by atoms with Gasteiger partial charge in [0.2, 0.25) is 0 Å². The van der Waals surface area contributed by atoms with Gasteiger partial charge in [-0.05, 0) is 26.3 Å². The molecule has 1 amide bonds. The summed E-state index contributed by atoms with van der Waals surface area (Å²) in [6.07, 6.45) is -1.43. The average Bonchev–Trinajstić information content (AvgIpc) is 2.36. The minimum absolute atomic E-state index is 0.190. The number of ether oxygens (including phenoxy) is 2. The van der Waals surface area contributed by atoms with Crippen molar-refractivity contribution in [2.45, 2.75) is 38.5 Å². The van der Waals surface area contributed by atoms with Crippen LogP contribution in [0.1, 0.15) is 32.4 Å². The van der Waals surface area contributed by atoms with Crippen molar-refractivity contribution in [3.8, 4) is 0 Å². The predicted molar refractivity (Wildman–Crippen MR) is 76.4 cm³/mol. The number of methoxy groups -OCH3 is 1. The molecule has 0 fully saturated rings. The molecule has 0 bridgehead atoms. The van der Waals surface area contributed by atoms with Crippen LogP contribution in [0.15, 0.2) is 30.3 Å². The maximum Gasteiger partial charge on any atom is 0.408 e. The Morgan fingerprint density at radius 1 is 1.30 bits per heavy atom. The molecule has 0 aromatic heterocycles. The van der Waals surface area contributed by atoms with E-state index in [0.717, 1.165) is 0 Å². The summed E-state index contributed by atoms with van der Waals surface area (Å²) in [6.45, 7) is 5.54. The SMILES string of the molecule is COC[C@H](NC(=O)OC(C)(C)C)[C@@H](O)c1ccccc1. The van der Waals surface area contributed by atoms with Crippen LogP contribution in [0.4, 0.5) is 4.79 Å². The summed E-state index contributed by atoms with van der Waals surface area (Å²) in [5, 5.41) is 12.9. The lowest BCUT2D eigenvalue weighted by molar-refractivity contribution is 0.0301. The minimum Gasteiger partial charge on any atom is -0.444 e. The summed E-state index contributed by atoms with van der Waals surface area (Å²) in [5.41, 5.74) is 0.130. The second-order valence-corrected chi connectivity index (χ2v) is 5.56. The monoisotopic (exact) mass is 281 g/mol. The number of alkyl carbamates (subject to hydrolysis) is 1. The van der Waals surface area contributed by atoms with Gasteiger partial charge in [0.1, 0.15) is 11.7 Å². The summed E-state index contributed by atoms with van der Waals surface area (Å²) in [6, 6.07) is 8.54. The summed E-state index contributed by atoms with van der Waals surface area (Å²) < 4.78 is 10.2. The van der Waals surface area contributed by atoms with E-state index in [-0.39, 0.29) is 6.61 Å². The number of aliphatic hydroxyl groups is 1. The zero-order valence-corrected chi connectivity index (χ0v) is 12.4. The third-order valence-electron chi connectivity index (χ3n) is 2.57. The molecule has 0 aliphatic heterocycles. The van der Waals surface area contributed by atoms with E-state index in [4.69, 9.17) is 9.47 Å². The normalized spacial score (nSPS) is 14.4. The summed E-state index contributed by atoms with van der Waals surface area (Å²) >= 11 is 0. The van der Waals surface area contributed by atoms with Crippen molar-refractivity contribution in [3.05, 3.63) is 35.9 Å². The molecular formula is C15H23NO4. The molecule has 0 saturated carbocycles. The van der Waals surface area contributed by atoms with Gasteiger partial charge in [-0.1, -0.05) is 30.3 Å². The van der Waals surface area contributed by atoms with Gasteiger partial charge < -0.3 is 19.9 Å². The smallest absolute Gasteiger partial charge is 0.408 e. The lowest BCUT2D eigenvalue weighted by atomic mass is 10.0. The maximum absolute atomic E-state index is 11.8. The zero-order chi connectivity index (χ0) is 15.2. The number of hydrogen-bond acceptors (Lipinski definition) is 4. The first kappa shape index (κ1) is 16.5.